The van der Waals surface area contributed by atoms with Crippen molar-refractivity contribution in [3.05, 3.63) is 64.7 Å². The van der Waals surface area contributed by atoms with E-state index < -0.39 is 0 Å². The highest BCUT2D eigenvalue weighted by Gasteiger charge is 1.96. The van der Waals surface area contributed by atoms with Crippen molar-refractivity contribution in [1.29, 1.82) is 0 Å². The fraction of sp³-hybridized carbons (Fsp3) is 0.143. The first-order valence-electron chi connectivity index (χ1n) is 5.40. The number of anilines is 1. The lowest BCUT2D eigenvalue weighted by atomic mass is 10.2. The predicted molar refractivity (Wildman–Crippen MR) is 77.3 cm³/mol. The van der Waals surface area contributed by atoms with Crippen molar-refractivity contribution in [3.8, 4) is 0 Å². The Morgan fingerprint density at radius 1 is 0.824 bits per heavy atom. The molecule has 2 rings (SSSR count). The van der Waals surface area contributed by atoms with Crippen LogP contribution in [-0.2, 0) is 11.5 Å². The van der Waals surface area contributed by atoms with Crippen LogP contribution in [0.15, 0.2) is 48.5 Å². The Labute approximate surface area is 111 Å². The average Bonchev–Trinajstić information content (AvgIpc) is 2.34. The topological polar surface area (TPSA) is 26.0 Å². The molecule has 0 spiro atoms. The highest BCUT2D eigenvalue weighted by atomic mass is 35.5. The van der Waals surface area contributed by atoms with Gasteiger partial charge < -0.3 is 5.73 Å². The minimum atomic E-state index is 0.789. The van der Waals surface area contributed by atoms with E-state index in [1.807, 2.05) is 36.0 Å². The van der Waals surface area contributed by atoms with Gasteiger partial charge in [-0.3, -0.25) is 0 Å². The number of halogens is 1. The van der Waals surface area contributed by atoms with Crippen LogP contribution in [-0.4, -0.2) is 0 Å². The van der Waals surface area contributed by atoms with Crippen LogP contribution in [0.2, 0.25) is 5.02 Å². The van der Waals surface area contributed by atoms with Crippen LogP contribution in [0.1, 0.15) is 11.1 Å². The average molecular weight is 264 g/mol. The molecule has 0 heterocycles. The molecule has 0 aliphatic carbocycles. The van der Waals surface area contributed by atoms with Gasteiger partial charge in [-0.25, -0.2) is 0 Å². The van der Waals surface area contributed by atoms with Gasteiger partial charge in [0.1, 0.15) is 0 Å². The van der Waals surface area contributed by atoms with Gasteiger partial charge in [-0.2, -0.15) is 11.8 Å². The molecular formula is C14H14ClNS. The molecule has 88 valence electrons. The summed E-state index contributed by atoms with van der Waals surface area (Å²) in [6.45, 7) is 0. The van der Waals surface area contributed by atoms with E-state index in [2.05, 4.69) is 24.3 Å². The van der Waals surface area contributed by atoms with Crippen LogP contribution >= 0.6 is 23.4 Å². The number of nitrogen functional groups attached to an aromatic ring is 1. The zero-order chi connectivity index (χ0) is 12.1. The van der Waals surface area contributed by atoms with E-state index in [-0.39, 0.29) is 0 Å². The number of rotatable bonds is 4. The van der Waals surface area contributed by atoms with E-state index >= 15 is 0 Å². The molecule has 0 saturated carbocycles. The van der Waals surface area contributed by atoms with E-state index in [9.17, 15) is 0 Å². The lowest BCUT2D eigenvalue weighted by Crippen LogP contribution is -1.86. The van der Waals surface area contributed by atoms with Crippen molar-refractivity contribution in [2.75, 3.05) is 5.73 Å². The maximum absolute atomic E-state index is 5.84. The highest BCUT2D eigenvalue weighted by Crippen LogP contribution is 2.19. The van der Waals surface area contributed by atoms with Crippen LogP contribution in [0.25, 0.3) is 0 Å². The van der Waals surface area contributed by atoms with Crippen LogP contribution < -0.4 is 5.73 Å². The number of hydrogen-bond acceptors (Lipinski definition) is 2. The zero-order valence-corrected chi connectivity index (χ0v) is 11.0. The van der Waals surface area contributed by atoms with E-state index in [1.165, 1.54) is 11.1 Å². The highest BCUT2D eigenvalue weighted by molar-refractivity contribution is 7.97. The van der Waals surface area contributed by atoms with E-state index in [0.717, 1.165) is 22.2 Å². The van der Waals surface area contributed by atoms with Crippen molar-refractivity contribution < 1.29 is 0 Å². The molecule has 1 nitrogen and oxygen atoms in total. The predicted octanol–water partition coefficient (Wildman–Crippen LogP) is 4.36. The van der Waals surface area contributed by atoms with Crippen LogP contribution in [0, 0.1) is 0 Å². The lowest BCUT2D eigenvalue weighted by Gasteiger charge is -2.03. The number of hydrogen-bond donors (Lipinski definition) is 1. The van der Waals surface area contributed by atoms with Crippen molar-refractivity contribution >= 4 is 29.1 Å². The maximum Gasteiger partial charge on any atom is 0.0406 e. The minimum absolute atomic E-state index is 0.789. The van der Waals surface area contributed by atoms with E-state index in [0.29, 0.717) is 0 Å². The second kappa shape index (κ2) is 5.99. The molecule has 0 aliphatic rings. The maximum atomic E-state index is 5.84. The van der Waals surface area contributed by atoms with Crippen molar-refractivity contribution in [3.63, 3.8) is 0 Å². The zero-order valence-electron chi connectivity index (χ0n) is 9.40. The summed E-state index contributed by atoms with van der Waals surface area (Å²) in [5.41, 5.74) is 9.06. The summed E-state index contributed by atoms with van der Waals surface area (Å²) in [5, 5.41) is 0.789. The number of thioether (sulfide) groups is 1. The van der Waals surface area contributed by atoms with Gasteiger partial charge in [-0.1, -0.05) is 35.9 Å². The monoisotopic (exact) mass is 263 g/mol. The Bertz CT molecular complexity index is 419. The van der Waals surface area contributed by atoms with Gasteiger partial charge in [0.2, 0.25) is 0 Å². The van der Waals surface area contributed by atoms with Crippen molar-refractivity contribution in [2.24, 2.45) is 0 Å². The normalized spacial score (nSPS) is 10.4. The van der Waals surface area contributed by atoms with E-state index in [1.54, 1.807) is 0 Å². The van der Waals surface area contributed by atoms with Gasteiger partial charge >= 0.3 is 0 Å². The minimum Gasteiger partial charge on any atom is -0.399 e. The Hall–Kier alpha value is -1.12. The molecular weight excluding hydrogens is 250 g/mol. The summed E-state index contributed by atoms with van der Waals surface area (Å²) in [7, 11) is 0. The van der Waals surface area contributed by atoms with E-state index in [4.69, 9.17) is 17.3 Å². The largest absolute Gasteiger partial charge is 0.399 e. The Kier molecular flexibility index (Phi) is 4.35. The number of nitrogens with two attached hydrogens (primary N) is 1. The molecule has 0 aliphatic heterocycles. The molecule has 0 aromatic heterocycles. The van der Waals surface area contributed by atoms with Crippen LogP contribution in [0.4, 0.5) is 5.69 Å². The first kappa shape index (κ1) is 12.3. The fourth-order valence-corrected chi connectivity index (χ4v) is 2.57. The third kappa shape index (κ3) is 3.99. The molecule has 0 saturated heterocycles. The first-order chi connectivity index (χ1) is 8.24. The Balaban J connectivity index is 1.83. The molecule has 0 amide bonds. The summed E-state index contributed by atoms with van der Waals surface area (Å²) in [4.78, 5) is 0. The summed E-state index contributed by atoms with van der Waals surface area (Å²) in [6, 6.07) is 16.0. The molecule has 2 N–H and O–H groups in total. The SMILES string of the molecule is Nc1ccc(CSCc2ccc(Cl)cc2)cc1. The number of benzene rings is 2. The first-order valence-corrected chi connectivity index (χ1v) is 6.94. The Morgan fingerprint density at radius 3 is 1.82 bits per heavy atom. The quantitative estimate of drug-likeness (QED) is 0.830. The van der Waals surface area contributed by atoms with Crippen molar-refractivity contribution in [1.82, 2.24) is 0 Å². The third-order valence-electron chi connectivity index (χ3n) is 2.43. The molecule has 0 atom stereocenters. The molecule has 2 aromatic carbocycles. The molecule has 2 aromatic rings. The molecule has 3 heteroatoms. The van der Waals surface area contributed by atoms with Gasteiger partial charge in [-0.05, 0) is 35.4 Å². The molecule has 0 bridgehead atoms. The van der Waals surface area contributed by atoms with Crippen molar-refractivity contribution in [2.45, 2.75) is 11.5 Å². The Morgan fingerprint density at radius 2 is 1.29 bits per heavy atom. The summed E-state index contributed by atoms with van der Waals surface area (Å²) < 4.78 is 0. The second-order valence-electron chi connectivity index (χ2n) is 3.86. The van der Waals surface area contributed by atoms with Gasteiger partial charge in [-0.15, -0.1) is 0 Å². The van der Waals surface area contributed by atoms with Gasteiger partial charge in [0.15, 0.2) is 0 Å². The lowest BCUT2D eigenvalue weighted by molar-refractivity contribution is 1.36. The molecule has 0 unspecified atom stereocenters. The smallest absolute Gasteiger partial charge is 0.0406 e. The summed E-state index contributed by atoms with van der Waals surface area (Å²) in [6.07, 6.45) is 0. The van der Waals surface area contributed by atoms with Crippen LogP contribution in [0.5, 0.6) is 0 Å². The fourth-order valence-electron chi connectivity index (χ4n) is 1.48. The second-order valence-corrected chi connectivity index (χ2v) is 5.28. The summed E-state index contributed by atoms with van der Waals surface area (Å²) in [5.74, 6) is 2.00. The molecule has 0 radical (unpaired) electrons. The molecule has 17 heavy (non-hydrogen) atoms. The summed E-state index contributed by atoms with van der Waals surface area (Å²) >= 11 is 7.73. The molecule has 0 fully saturated rings. The standard InChI is InChI=1S/C14H14ClNS/c15-13-5-1-11(2-6-13)9-17-10-12-3-7-14(16)8-4-12/h1-8H,9-10,16H2. The van der Waals surface area contributed by atoms with Gasteiger partial charge in [0, 0.05) is 22.2 Å². The van der Waals surface area contributed by atoms with Crippen LogP contribution in [0.3, 0.4) is 0 Å². The third-order valence-corrected chi connectivity index (χ3v) is 3.76. The van der Waals surface area contributed by atoms with Gasteiger partial charge in [0.05, 0.1) is 0 Å². The van der Waals surface area contributed by atoms with Gasteiger partial charge in [0.25, 0.3) is 0 Å².